The first-order valence-electron chi connectivity index (χ1n) is 7.71. The largest absolute Gasteiger partial charge is 0.456 e. The fraction of sp³-hybridized carbons (Fsp3) is 0.0952. The molecule has 0 spiro atoms. The van der Waals surface area contributed by atoms with Gasteiger partial charge in [0.25, 0.3) is 0 Å². The van der Waals surface area contributed by atoms with Gasteiger partial charge in [0.2, 0.25) is 0 Å². The van der Waals surface area contributed by atoms with E-state index in [4.69, 9.17) is 9.47 Å². The Morgan fingerprint density at radius 1 is 0.875 bits per heavy atom. The molecule has 0 aromatic heterocycles. The predicted octanol–water partition coefficient (Wildman–Crippen LogP) is 5.34. The Hall–Kier alpha value is -3.07. The Bertz CT molecular complexity index is 911. The van der Waals surface area contributed by atoms with E-state index in [-0.39, 0.29) is 0 Å². The lowest BCUT2D eigenvalue weighted by Gasteiger charge is -2.18. The number of benzene rings is 3. The van der Waals surface area contributed by atoms with E-state index in [0.29, 0.717) is 5.75 Å². The minimum atomic E-state index is -0.473. The van der Waals surface area contributed by atoms with Gasteiger partial charge in [0, 0.05) is 16.8 Å². The second-order valence-electron chi connectivity index (χ2n) is 5.49. The van der Waals surface area contributed by atoms with Crippen LogP contribution < -0.4 is 9.47 Å². The smallest absolute Gasteiger partial charge is 0.335 e. The summed E-state index contributed by atoms with van der Waals surface area (Å²) >= 11 is 0. The molecule has 24 heavy (non-hydrogen) atoms. The molecule has 0 fully saturated rings. The first-order valence-corrected chi connectivity index (χ1v) is 7.71. The molecule has 3 aromatic rings. The molecule has 3 nitrogen and oxygen atoms in total. The van der Waals surface area contributed by atoms with Crippen LogP contribution in [0.2, 0.25) is 0 Å². The Morgan fingerprint density at radius 2 is 1.42 bits per heavy atom. The van der Waals surface area contributed by atoms with Gasteiger partial charge in [-0.1, -0.05) is 49.0 Å². The summed E-state index contributed by atoms with van der Waals surface area (Å²) in [5.74, 6) is 1.61. The van der Waals surface area contributed by atoms with Crippen LogP contribution in [0.4, 0.5) is 0 Å². The number of fused-ring (bicyclic) bond motifs is 1. The highest BCUT2D eigenvalue weighted by molar-refractivity contribution is 5.98. The van der Waals surface area contributed by atoms with Gasteiger partial charge < -0.3 is 9.47 Å². The predicted molar refractivity (Wildman–Crippen MR) is 95.8 cm³/mol. The van der Waals surface area contributed by atoms with E-state index in [1.165, 1.54) is 0 Å². The number of carbonyl (C=O) groups is 1. The van der Waals surface area contributed by atoms with Crippen molar-refractivity contribution in [2.75, 3.05) is 0 Å². The van der Waals surface area contributed by atoms with Crippen LogP contribution >= 0.6 is 0 Å². The fourth-order valence-electron chi connectivity index (χ4n) is 2.64. The summed E-state index contributed by atoms with van der Waals surface area (Å²) in [6.45, 7) is 7.35. The highest BCUT2D eigenvalue weighted by Crippen LogP contribution is 2.41. The van der Waals surface area contributed by atoms with E-state index in [2.05, 4.69) is 6.58 Å². The minimum Gasteiger partial charge on any atom is -0.456 e. The van der Waals surface area contributed by atoms with E-state index in [1.807, 2.05) is 68.4 Å². The lowest BCUT2D eigenvalue weighted by Crippen LogP contribution is -2.06. The number of esters is 1. The van der Waals surface area contributed by atoms with Gasteiger partial charge in [0.15, 0.2) is 0 Å². The van der Waals surface area contributed by atoms with Crippen molar-refractivity contribution in [1.29, 1.82) is 0 Å². The van der Waals surface area contributed by atoms with Crippen molar-refractivity contribution in [2.24, 2.45) is 0 Å². The Labute approximate surface area is 141 Å². The molecule has 0 unspecified atom stereocenters. The zero-order valence-corrected chi connectivity index (χ0v) is 13.7. The second kappa shape index (κ2) is 6.59. The standard InChI is InChI=1S/C21H18O3/c1-4-19(22)24-21-15(3)14(2)20(17-12-8-9-13-18(17)21)23-16-10-6-5-7-11-16/h4-13H,1H2,2-3H3. The molecule has 3 heteroatoms. The molecule has 0 N–H and O–H groups in total. The van der Waals surface area contributed by atoms with Crippen molar-refractivity contribution < 1.29 is 14.3 Å². The maximum Gasteiger partial charge on any atom is 0.335 e. The number of hydrogen-bond donors (Lipinski definition) is 0. The third kappa shape index (κ3) is 2.88. The lowest BCUT2D eigenvalue weighted by molar-refractivity contribution is -0.128. The molecule has 3 rings (SSSR count). The zero-order valence-electron chi connectivity index (χ0n) is 13.7. The summed E-state index contributed by atoms with van der Waals surface area (Å²) in [5.41, 5.74) is 1.80. The van der Waals surface area contributed by atoms with Crippen molar-refractivity contribution in [1.82, 2.24) is 0 Å². The summed E-state index contributed by atoms with van der Waals surface area (Å²) in [6.07, 6.45) is 1.16. The number of hydrogen-bond acceptors (Lipinski definition) is 3. The van der Waals surface area contributed by atoms with Gasteiger partial charge in [-0.15, -0.1) is 0 Å². The van der Waals surface area contributed by atoms with E-state index in [0.717, 1.165) is 39.5 Å². The van der Waals surface area contributed by atoms with Gasteiger partial charge in [0.1, 0.15) is 17.2 Å². The number of para-hydroxylation sites is 1. The van der Waals surface area contributed by atoms with Gasteiger partial charge >= 0.3 is 5.97 Å². The van der Waals surface area contributed by atoms with Crippen molar-refractivity contribution in [3.8, 4) is 17.2 Å². The van der Waals surface area contributed by atoms with Crippen LogP contribution in [0.25, 0.3) is 10.8 Å². The first kappa shape index (κ1) is 15.8. The quantitative estimate of drug-likeness (QED) is 0.370. The third-order valence-electron chi connectivity index (χ3n) is 3.99. The van der Waals surface area contributed by atoms with Crippen LogP contribution in [0.1, 0.15) is 11.1 Å². The van der Waals surface area contributed by atoms with Gasteiger partial charge in [-0.25, -0.2) is 4.79 Å². The molecule has 120 valence electrons. The second-order valence-corrected chi connectivity index (χ2v) is 5.49. The summed E-state index contributed by atoms with van der Waals surface area (Å²) in [5, 5.41) is 1.73. The van der Waals surface area contributed by atoms with Crippen LogP contribution in [0.15, 0.2) is 67.3 Å². The number of carbonyl (C=O) groups excluding carboxylic acids is 1. The zero-order chi connectivity index (χ0) is 17.1. The molecule has 0 heterocycles. The van der Waals surface area contributed by atoms with E-state index in [9.17, 15) is 4.79 Å². The highest BCUT2D eigenvalue weighted by atomic mass is 16.5. The first-order chi connectivity index (χ1) is 11.6. The fourth-order valence-corrected chi connectivity index (χ4v) is 2.64. The highest BCUT2D eigenvalue weighted by Gasteiger charge is 2.18. The van der Waals surface area contributed by atoms with Crippen molar-refractivity contribution in [2.45, 2.75) is 13.8 Å². The van der Waals surface area contributed by atoms with Crippen molar-refractivity contribution >= 4 is 16.7 Å². The molecule has 0 aliphatic rings. The van der Waals surface area contributed by atoms with Crippen LogP contribution in [-0.2, 0) is 4.79 Å². The molecule has 0 aliphatic carbocycles. The normalized spacial score (nSPS) is 10.4. The van der Waals surface area contributed by atoms with Crippen LogP contribution in [-0.4, -0.2) is 5.97 Å². The summed E-state index contributed by atoms with van der Waals surface area (Å²) in [7, 11) is 0. The molecule has 0 amide bonds. The summed E-state index contributed by atoms with van der Waals surface area (Å²) < 4.78 is 11.6. The Balaban J connectivity index is 2.21. The molecule has 0 atom stereocenters. The maximum atomic E-state index is 11.7. The number of ether oxygens (including phenoxy) is 2. The molecule has 0 radical (unpaired) electrons. The Kier molecular flexibility index (Phi) is 4.34. The van der Waals surface area contributed by atoms with Crippen LogP contribution in [0, 0.1) is 13.8 Å². The number of rotatable bonds is 4. The third-order valence-corrected chi connectivity index (χ3v) is 3.99. The molecule has 3 aromatic carbocycles. The van der Waals surface area contributed by atoms with E-state index >= 15 is 0 Å². The maximum absolute atomic E-state index is 11.7. The molecular formula is C21H18O3. The summed E-state index contributed by atoms with van der Waals surface area (Å²) in [4.78, 5) is 11.7. The van der Waals surface area contributed by atoms with E-state index < -0.39 is 5.97 Å². The Morgan fingerprint density at radius 3 is 2.04 bits per heavy atom. The van der Waals surface area contributed by atoms with Crippen molar-refractivity contribution in [3.05, 3.63) is 78.4 Å². The van der Waals surface area contributed by atoms with Gasteiger partial charge in [0.05, 0.1) is 0 Å². The minimum absolute atomic E-state index is 0.473. The summed E-state index contributed by atoms with van der Waals surface area (Å²) in [6, 6.07) is 17.4. The van der Waals surface area contributed by atoms with Gasteiger partial charge in [-0.2, -0.15) is 0 Å². The molecule has 0 aliphatic heterocycles. The average molecular weight is 318 g/mol. The molecule has 0 saturated heterocycles. The lowest BCUT2D eigenvalue weighted by atomic mass is 9.99. The van der Waals surface area contributed by atoms with Gasteiger partial charge in [-0.05, 0) is 37.1 Å². The van der Waals surface area contributed by atoms with E-state index in [1.54, 1.807) is 0 Å². The topological polar surface area (TPSA) is 35.5 Å². The molecule has 0 bridgehead atoms. The SMILES string of the molecule is C=CC(=O)Oc1c(C)c(C)c(Oc2ccccc2)c2ccccc12. The average Bonchev–Trinajstić information content (AvgIpc) is 2.63. The molecular weight excluding hydrogens is 300 g/mol. The van der Waals surface area contributed by atoms with Gasteiger partial charge in [-0.3, -0.25) is 0 Å². The van der Waals surface area contributed by atoms with Crippen LogP contribution in [0.5, 0.6) is 17.2 Å². The van der Waals surface area contributed by atoms with Crippen molar-refractivity contribution in [3.63, 3.8) is 0 Å². The monoisotopic (exact) mass is 318 g/mol. The van der Waals surface area contributed by atoms with Crippen LogP contribution in [0.3, 0.4) is 0 Å². The molecule has 0 saturated carbocycles.